The van der Waals surface area contributed by atoms with Crippen LogP contribution in [0.2, 0.25) is 0 Å². The van der Waals surface area contributed by atoms with E-state index in [1.807, 2.05) is 34.5 Å². The summed E-state index contributed by atoms with van der Waals surface area (Å²) in [5.41, 5.74) is 5.19. The molecule has 0 saturated carbocycles. The molecule has 0 aliphatic carbocycles. The summed E-state index contributed by atoms with van der Waals surface area (Å²) >= 11 is 1.64. The van der Waals surface area contributed by atoms with Gasteiger partial charge in [0.05, 0.1) is 20.8 Å². The van der Waals surface area contributed by atoms with E-state index in [0.29, 0.717) is 50.6 Å². The summed E-state index contributed by atoms with van der Waals surface area (Å²) in [5.74, 6) is 1.67. The second-order valence-corrected chi connectivity index (χ2v) is 12.6. The van der Waals surface area contributed by atoms with Gasteiger partial charge in [0.1, 0.15) is 6.54 Å². The quantitative estimate of drug-likeness (QED) is 0.168. The van der Waals surface area contributed by atoms with E-state index in [2.05, 4.69) is 58.1 Å². The molecule has 0 unspecified atom stereocenters. The monoisotopic (exact) mass is 623 g/mol. The predicted octanol–water partition coefficient (Wildman–Crippen LogP) is 7.46. The molecule has 0 saturated heterocycles. The third-order valence-corrected chi connectivity index (χ3v) is 8.78. The zero-order valence-corrected chi connectivity index (χ0v) is 28.4. The number of hydrogen-bond donors (Lipinski definition) is 1. The largest absolute Gasteiger partial charge is 0.493 e. The number of hydrogen-bond acceptors (Lipinski definition) is 6. The average molecular weight is 624 g/mol. The molecule has 0 aliphatic rings. The summed E-state index contributed by atoms with van der Waals surface area (Å²) in [7, 11) is 4.87. The minimum absolute atomic E-state index is 0.0350. The van der Waals surface area contributed by atoms with Gasteiger partial charge < -0.3 is 29.3 Å². The van der Waals surface area contributed by atoms with Crippen LogP contribution in [0.4, 0.5) is 10.5 Å². The summed E-state index contributed by atoms with van der Waals surface area (Å²) in [6.45, 7) is 12.4. The first-order chi connectivity index (χ1) is 21.1. The number of urea groups is 1. The van der Waals surface area contributed by atoms with Crippen molar-refractivity contribution >= 4 is 29.0 Å². The van der Waals surface area contributed by atoms with Crippen molar-refractivity contribution in [1.82, 2.24) is 9.80 Å². The second-order valence-electron chi connectivity index (χ2n) is 11.6. The number of nitrogens with zero attached hydrogens (tertiary/aromatic N) is 2. The topological polar surface area (TPSA) is 80.3 Å². The van der Waals surface area contributed by atoms with Gasteiger partial charge in [-0.25, -0.2) is 4.79 Å². The van der Waals surface area contributed by atoms with Gasteiger partial charge in [-0.3, -0.25) is 4.79 Å². The van der Waals surface area contributed by atoms with Gasteiger partial charge in [-0.2, -0.15) is 0 Å². The van der Waals surface area contributed by atoms with Crippen LogP contribution in [-0.4, -0.2) is 69.3 Å². The molecule has 3 rings (SSSR count). The highest BCUT2D eigenvalue weighted by molar-refractivity contribution is 7.10. The Kier molecular flexibility index (Phi) is 13.5. The molecule has 3 amide bonds. The third kappa shape index (κ3) is 9.47. The predicted molar refractivity (Wildman–Crippen MR) is 179 cm³/mol. The van der Waals surface area contributed by atoms with Gasteiger partial charge in [-0.05, 0) is 77.4 Å². The van der Waals surface area contributed by atoms with Gasteiger partial charge in [-0.1, -0.05) is 52.0 Å². The summed E-state index contributed by atoms with van der Waals surface area (Å²) in [5, 5.41) is 5.25. The van der Waals surface area contributed by atoms with E-state index in [-0.39, 0.29) is 30.3 Å². The van der Waals surface area contributed by atoms with Crippen LogP contribution in [-0.2, 0) is 22.5 Å². The molecule has 44 heavy (non-hydrogen) atoms. The van der Waals surface area contributed by atoms with Crippen LogP contribution in [0.1, 0.15) is 73.1 Å². The van der Waals surface area contributed by atoms with E-state index >= 15 is 0 Å². The summed E-state index contributed by atoms with van der Waals surface area (Å²) < 4.78 is 16.2. The Labute approximate surface area is 267 Å². The number of methoxy groups -OCH3 is 3. The maximum atomic E-state index is 14.0. The Balaban J connectivity index is 1.86. The van der Waals surface area contributed by atoms with Gasteiger partial charge in [0, 0.05) is 37.4 Å². The molecule has 0 bridgehead atoms. The van der Waals surface area contributed by atoms with E-state index in [1.165, 1.54) is 0 Å². The molecule has 1 aromatic heterocycles. The molecule has 1 heterocycles. The van der Waals surface area contributed by atoms with Gasteiger partial charge in [-0.15, -0.1) is 11.3 Å². The first-order valence-electron chi connectivity index (χ1n) is 15.3. The van der Waals surface area contributed by atoms with Crippen LogP contribution in [0.5, 0.6) is 11.5 Å². The lowest BCUT2D eigenvalue weighted by molar-refractivity contribution is -0.132. The molecule has 2 aromatic carbocycles. The van der Waals surface area contributed by atoms with Crippen LogP contribution in [0.3, 0.4) is 0 Å². The number of amides is 3. The Hall–Kier alpha value is -3.56. The Morgan fingerprint density at radius 1 is 0.886 bits per heavy atom. The van der Waals surface area contributed by atoms with E-state index in [0.717, 1.165) is 32.8 Å². The van der Waals surface area contributed by atoms with E-state index < -0.39 is 0 Å². The number of thiophene rings is 1. The van der Waals surface area contributed by atoms with Crippen molar-refractivity contribution in [3.05, 3.63) is 75.0 Å². The minimum Gasteiger partial charge on any atom is -0.493 e. The Morgan fingerprint density at radius 2 is 1.57 bits per heavy atom. The molecule has 9 heteroatoms. The van der Waals surface area contributed by atoms with Gasteiger partial charge in [0.2, 0.25) is 5.91 Å². The fraction of sp³-hybridized carbons (Fsp3) is 0.486. The van der Waals surface area contributed by atoms with Crippen molar-refractivity contribution < 1.29 is 23.8 Å². The van der Waals surface area contributed by atoms with Crippen LogP contribution in [0.15, 0.2) is 47.8 Å². The third-order valence-electron chi connectivity index (χ3n) is 7.77. The SMILES string of the molecule is COCCCN(CC(=O)N(CCc1ccc(OC)c(OC)c1)Cc1sccc1C)C(=O)Nc1c(C(C)C)cccc1C(C)C. The van der Waals surface area contributed by atoms with Crippen molar-refractivity contribution in [2.24, 2.45) is 0 Å². The molecule has 0 fully saturated rings. The van der Waals surface area contributed by atoms with Crippen molar-refractivity contribution in [2.45, 2.75) is 65.8 Å². The number of carbonyl (C=O) groups is 2. The zero-order valence-electron chi connectivity index (χ0n) is 27.6. The van der Waals surface area contributed by atoms with Crippen LogP contribution in [0.25, 0.3) is 0 Å². The first kappa shape index (κ1) is 34.9. The molecule has 240 valence electrons. The summed E-state index contributed by atoms with van der Waals surface area (Å²) in [4.78, 5) is 32.5. The summed E-state index contributed by atoms with van der Waals surface area (Å²) in [6.07, 6.45) is 1.25. The van der Waals surface area contributed by atoms with Crippen molar-refractivity contribution in [2.75, 3.05) is 52.9 Å². The molecule has 0 atom stereocenters. The Bertz CT molecular complexity index is 1340. The standard InChI is InChI=1S/C35H49N3O5S/c1-24(2)28-11-9-12-29(25(3)4)34(28)36-35(40)38(17-10-19-41-6)23-33(39)37(22-32-26(5)16-20-44-32)18-15-27-13-14-30(42-7)31(21-27)43-8/h9,11-14,16,20-21,24-25H,10,15,17-19,22-23H2,1-8H3,(H,36,40). The number of nitrogens with one attached hydrogen (secondary N) is 1. The number of para-hydroxylation sites is 1. The fourth-order valence-corrected chi connectivity index (χ4v) is 6.05. The number of ether oxygens (including phenoxy) is 3. The fourth-order valence-electron chi connectivity index (χ4n) is 5.13. The second kappa shape index (κ2) is 17.1. The Morgan fingerprint density at radius 3 is 2.14 bits per heavy atom. The highest BCUT2D eigenvalue weighted by atomic mass is 32.1. The number of anilines is 1. The lowest BCUT2D eigenvalue weighted by atomic mass is 9.93. The molecular weight excluding hydrogens is 574 g/mol. The van der Waals surface area contributed by atoms with Gasteiger partial charge in [0.25, 0.3) is 0 Å². The molecule has 8 nitrogen and oxygen atoms in total. The lowest BCUT2D eigenvalue weighted by Gasteiger charge is -2.29. The minimum atomic E-state index is -0.281. The van der Waals surface area contributed by atoms with Gasteiger partial charge >= 0.3 is 6.03 Å². The van der Waals surface area contributed by atoms with Crippen molar-refractivity contribution in [3.8, 4) is 11.5 Å². The average Bonchev–Trinajstić information content (AvgIpc) is 3.41. The van der Waals surface area contributed by atoms with Crippen LogP contribution >= 0.6 is 11.3 Å². The number of carbonyl (C=O) groups excluding carboxylic acids is 2. The van der Waals surface area contributed by atoms with Crippen LogP contribution < -0.4 is 14.8 Å². The number of aryl methyl sites for hydroxylation is 1. The number of rotatable bonds is 16. The molecule has 0 spiro atoms. The summed E-state index contributed by atoms with van der Waals surface area (Å²) in [6, 6.07) is 13.8. The van der Waals surface area contributed by atoms with Crippen molar-refractivity contribution in [3.63, 3.8) is 0 Å². The molecular formula is C35H49N3O5S. The van der Waals surface area contributed by atoms with Crippen molar-refractivity contribution in [1.29, 1.82) is 0 Å². The molecule has 0 radical (unpaired) electrons. The highest BCUT2D eigenvalue weighted by Gasteiger charge is 2.24. The highest BCUT2D eigenvalue weighted by Crippen LogP contribution is 2.33. The smallest absolute Gasteiger partial charge is 0.322 e. The number of benzene rings is 2. The maximum Gasteiger partial charge on any atom is 0.322 e. The van der Waals surface area contributed by atoms with Gasteiger partial charge in [0.15, 0.2) is 11.5 Å². The maximum absolute atomic E-state index is 14.0. The van der Waals surface area contributed by atoms with E-state index in [1.54, 1.807) is 37.6 Å². The molecule has 1 N–H and O–H groups in total. The lowest BCUT2D eigenvalue weighted by Crippen LogP contribution is -2.45. The first-order valence-corrected chi connectivity index (χ1v) is 16.2. The van der Waals surface area contributed by atoms with Crippen LogP contribution in [0, 0.1) is 6.92 Å². The molecule has 3 aromatic rings. The normalized spacial score (nSPS) is 11.1. The van der Waals surface area contributed by atoms with E-state index in [4.69, 9.17) is 14.2 Å². The molecule has 0 aliphatic heterocycles. The van der Waals surface area contributed by atoms with E-state index in [9.17, 15) is 9.59 Å². The zero-order chi connectivity index (χ0) is 32.2.